The first-order chi connectivity index (χ1) is 9.78. The van der Waals surface area contributed by atoms with E-state index in [9.17, 15) is 14.4 Å². The van der Waals surface area contributed by atoms with Crippen LogP contribution in [0.3, 0.4) is 0 Å². The summed E-state index contributed by atoms with van der Waals surface area (Å²) in [6.45, 7) is 6.07. The van der Waals surface area contributed by atoms with E-state index in [1.807, 2.05) is 20.8 Å². The number of rotatable bonds is 3. The molecule has 1 aliphatic carbocycles. The van der Waals surface area contributed by atoms with Crippen LogP contribution in [0.2, 0.25) is 0 Å². The third-order valence-corrected chi connectivity index (χ3v) is 4.72. The molecule has 2 rings (SSSR count). The van der Waals surface area contributed by atoms with Crippen molar-refractivity contribution >= 4 is 28.8 Å². The van der Waals surface area contributed by atoms with E-state index in [0.29, 0.717) is 6.42 Å². The Hall–Kier alpha value is -1.04. The lowest BCUT2D eigenvalue weighted by Crippen LogP contribution is -2.55. The lowest BCUT2D eigenvalue weighted by atomic mass is 9.87. The molecular weight excluding hydrogens is 288 g/mol. The molecule has 1 saturated heterocycles. The number of thioether (sulfide) groups is 1. The second-order valence-electron chi connectivity index (χ2n) is 7.08. The molecule has 6 heteroatoms. The summed E-state index contributed by atoms with van der Waals surface area (Å²) < 4.78 is 0. The highest BCUT2D eigenvalue weighted by Crippen LogP contribution is 2.30. The van der Waals surface area contributed by atoms with Crippen LogP contribution in [0.4, 0.5) is 4.79 Å². The number of nitrogens with one attached hydrogen (secondary N) is 1. The van der Waals surface area contributed by atoms with Gasteiger partial charge < -0.3 is 5.32 Å². The van der Waals surface area contributed by atoms with E-state index in [1.54, 1.807) is 0 Å². The summed E-state index contributed by atoms with van der Waals surface area (Å²) in [5.74, 6) is 0.121. The molecule has 0 radical (unpaired) electrons. The zero-order chi connectivity index (χ0) is 15.6. The number of carbonyl (C=O) groups is 3. The Kier molecular flexibility index (Phi) is 4.96. The molecule has 0 aromatic heterocycles. The Bertz CT molecular complexity index is 429. The predicted molar refractivity (Wildman–Crippen MR) is 83.0 cm³/mol. The fourth-order valence-corrected chi connectivity index (χ4v) is 3.78. The topological polar surface area (TPSA) is 66.5 Å². The summed E-state index contributed by atoms with van der Waals surface area (Å²) >= 11 is 1.06. The van der Waals surface area contributed by atoms with E-state index in [-0.39, 0.29) is 40.3 Å². The van der Waals surface area contributed by atoms with E-state index in [2.05, 4.69) is 5.32 Å². The normalized spacial score (nSPS) is 27.1. The van der Waals surface area contributed by atoms with Crippen LogP contribution in [0.15, 0.2) is 0 Å². The van der Waals surface area contributed by atoms with Crippen molar-refractivity contribution in [2.24, 2.45) is 5.41 Å². The number of hydrogen-bond donors (Lipinski definition) is 1. The Labute approximate surface area is 130 Å². The van der Waals surface area contributed by atoms with Gasteiger partial charge in [0.25, 0.3) is 5.24 Å². The first-order valence-electron chi connectivity index (χ1n) is 7.56. The lowest BCUT2D eigenvalue weighted by molar-refractivity contribution is -0.129. The summed E-state index contributed by atoms with van der Waals surface area (Å²) in [4.78, 5) is 37.3. The quantitative estimate of drug-likeness (QED) is 0.869. The van der Waals surface area contributed by atoms with Gasteiger partial charge in [0.05, 0.1) is 11.8 Å². The average molecular weight is 312 g/mol. The maximum absolute atomic E-state index is 12.1. The Balaban J connectivity index is 2.04. The van der Waals surface area contributed by atoms with Gasteiger partial charge in [-0.2, -0.15) is 0 Å². The monoisotopic (exact) mass is 312 g/mol. The minimum absolute atomic E-state index is 0.00569. The molecule has 0 aromatic rings. The van der Waals surface area contributed by atoms with Gasteiger partial charge in [0, 0.05) is 12.5 Å². The van der Waals surface area contributed by atoms with Crippen molar-refractivity contribution in [2.45, 2.75) is 65.0 Å². The number of nitrogens with zero attached hydrogens (tertiary/aromatic N) is 1. The molecule has 2 fully saturated rings. The molecule has 0 aromatic carbocycles. The van der Waals surface area contributed by atoms with Gasteiger partial charge in [-0.25, -0.2) is 0 Å². The van der Waals surface area contributed by atoms with Gasteiger partial charge in [-0.1, -0.05) is 45.4 Å². The largest absolute Gasteiger partial charge is 0.351 e. The van der Waals surface area contributed by atoms with Crippen molar-refractivity contribution in [3.63, 3.8) is 0 Å². The molecule has 2 aliphatic rings. The fraction of sp³-hybridized carbons (Fsp3) is 0.800. The zero-order valence-electron chi connectivity index (χ0n) is 13.0. The van der Waals surface area contributed by atoms with Gasteiger partial charge in [0.2, 0.25) is 11.8 Å². The molecule has 118 valence electrons. The molecular formula is C15H24N2O3S. The standard InChI is InChI=1S/C15H24N2O3S/c1-15(2,3)8-12(18)16-10-6-4-5-7-11(10)17-13(19)9-21-14(17)20/h10-11H,4-9H2,1-3H3,(H,16,18). The van der Waals surface area contributed by atoms with Gasteiger partial charge in [-0.3, -0.25) is 19.3 Å². The smallest absolute Gasteiger partial charge is 0.289 e. The molecule has 0 spiro atoms. The Morgan fingerprint density at radius 2 is 1.95 bits per heavy atom. The summed E-state index contributed by atoms with van der Waals surface area (Å²) in [5, 5.41) is 2.88. The molecule has 1 heterocycles. The van der Waals surface area contributed by atoms with Crippen molar-refractivity contribution in [2.75, 3.05) is 5.75 Å². The highest BCUT2D eigenvalue weighted by molar-refractivity contribution is 8.14. The van der Waals surface area contributed by atoms with Crippen molar-refractivity contribution < 1.29 is 14.4 Å². The molecule has 2 atom stereocenters. The predicted octanol–water partition coefficient (Wildman–Crippen LogP) is 2.55. The van der Waals surface area contributed by atoms with Crippen LogP contribution in [0.1, 0.15) is 52.9 Å². The minimum Gasteiger partial charge on any atom is -0.351 e. The van der Waals surface area contributed by atoms with Crippen molar-refractivity contribution in [1.29, 1.82) is 0 Å². The van der Waals surface area contributed by atoms with Gasteiger partial charge >= 0.3 is 0 Å². The van der Waals surface area contributed by atoms with Crippen LogP contribution < -0.4 is 5.32 Å². The maximum atomic E-state index is 12.1. The summed E-state index contributed by atoms with van der Waals surface area (Å²) in [6, 6.07) is -0.266. The lowest BCUT2D eigenvalue weighted by Gasteiger charge is -2.37. The Morgan fingerprint density at radius 1 is 1.29 bits per heavy atom. The van der Waals surface area contributed by atoms with E-state index in [0.717, 1.165) is 37.4 Å². The number of imide groups is 1. The van der Waals surface area contributed by atoms with E-state index in [4.69, 9.17) is 0 Å². The minimum atomic E-state index is -0.169. The van der Waals surface area contributed by atoms with Crippen LogP contribution in [-0.4, -0.2) is 39.8 Å². The van der Waals surface area contributed by atoms with Crippen LogP contribution in [0, 0.1) is 5.41 Å². The van der Waals surface area contributed by atoms with Gasteiger partial charge in [0.15, 0.2) is 0 Å². The summed E-state index contributed by atoms with van der Waals surface area (Å²) in [7, 11) is 0. The first kappa shape index (κ1) is 16.3. The third-order valence-electron chi connectivity index (χ3n) is 3.88. The number of hydrogen-bond acceptors (Lipinski definition) is 4. The van der Waals surface area contributed by atoms with Crippen molar-refractivity contribution in [1.82, 2.24) is 10.2 Å². The second-order valence-corrected chi connectivity index (χ2v) is 8.01. The van der Waals surface area contributed by atoms with Crippen LogP contribution in [0.25, 0.3) is 0 Å². The number of carbonyl (C=O) groups excluding carboxylic acids is 3. The van der Waals surface area contributed by atoms with Crippen LogP contribution in [-0.2, 0) is 9.59 Å². The highest BCUT2D eigenvalue weighted by Gasteiger charge is 2.41. The van der Waals surface area contributed by atoms with Crippen molar-refractivity contribution in [3.8, 4) is 0 Å². The maximum Gasteiger partial charge on any atom is 0.289 e. The average Bonchev–Trinajstić information content (AvgIpc) is 2.68. The van der Waals surface area contributed by atoms with Gasteiger partial charge in [-0.05, 0) is 18.3 Å². The van der Waals surface area contributed by atoms with Crippen LogP contribution in [0.5, 0.6) is 0 Å². The molecule has 1 aliphatic heterocycles. The van der Waals surface area contributed by atoms with Gasteiger partial charge in [0.1, 0.15) is 0 Å². The summed E-state index contributed by atoms with van der Waals surface area (Å²) in [6.07, 6.45) is 4.10. The third kappa shape index (κ3) is 4.22. The number of amides is 3. The van der Waals surface area contributed by atoms with E-state index in [1.165, 1.54) is 4.90 Å². The summed E-state index contributed by atoms with van der Waals surface area (Å²) in [5.41, 5.74) is -0.0661. The van der Waals surface area contributed by atoms with Gasteiger partial charge in [-0.15, -0.1) is 0 Å². The van der Waals surface area contributed by atoms with E-state index < -0.39 is 0 Å². The highest BCUT2D eigenvalue weighted by atomic mass is 32.2. The Morgan fingerprint density at radius 3 is 2.52 bits per heavy atom. The second kappa shape index (κ2) is 6.38. The first-order valence-corrected chi connectivity index (χ1v) is 8.55. The molecule has 3 amide bonds. The SMILES string of the molecule is CC(C)(C)CC(=O)NC1CCCCC1N1C(=O)CSC1=O. The molecule has 1 saturated carbocycles. The van der Waals surface area contributed by atoms with E-state index >= 15 is 0 Å². The molecule has 2 unspecified atom stereocenters. The van der Waals surface area contributed by atoms with Crippen molar-refractivity contribution in [3.05, 3.63) is 0 Å². The molecule has 21 heavy (non-hydrogen) atoms. The molecule has 1 N–H and O–H groups in total. The zero-order valence-corrected chi connectivity index (χ0v) is 13.8. The molecule has 0 bridgehead atoms. The molecule has 5 nitrogen and oxygen atoms in total. The fourth-order valence-electron chi connectivity index (χ4n) is 3.01. The van der Waals surface area contributed by atoms with Crippen LogP contribution >= 0.6 is 11.8 Å².